The maximum absolute atomic E-state index is 13.5. The minimum absolute atomic E-state index is 0.0518. The highest BCUT2D eigenvalue weighted by atomic mass is 31.2. The van der Waals surface area contributed by atoms with E-state index in [0.29, 0.717) is 47.2 Å². The molecule has 0 radical (unpaired) electrons. The van der Waals surface area contributed by atoms with Crippen molar-refractivity contribution in [1.29, 1.82) is 5.26 Å². The molecule has 6 aromatic rings. The molecule has 370 valence electrons. The standard InChI is InChI=1S/C54H68N7O7PSi/c1-37(2)61(38(3)4)69(33-19-18-32-55)67-47-45(34-65-54(40-22-16-13-17-23-40,41-24-28-43(63-8)29-25-41)42-26-30-44(64-9)31-27-42)66-52(48(47)68-70(10,11)53(5,6)7)60-36-58-46-49(56-35-57-50(46)60)59-51(62)39-20-14-12-15-21-39/h12-17,20-31,35-38,45,47-48,52H,18-19,33-34H2,1-11H3,(H,56,57,59,62)/t45-,47+,48+,52-,69?/m1/s1. The van der Waals surface area contributed by atoms with Crippen molar-refractivity contribution >= 4 is 39.5 Å². The van der Waals surface area contributed by atoms with Crippen molar-refractivity contribution in [2.75, 3.05) is 32.3 Å². The zero-order chi connectivity index (χ0) is 50.2. The number of imidazole rings is 1. The monoisotopic (exact) mass is 985 g/mol. The molecule has 1 aliphatic rings. The second-order valence-corrected chi connectivity index (χ2v) is 26.1. The molecule has 1 saturated heterocycles. The SMILES string of the molecule is COc1ccc(C(OC[C@H]2O[C@@H](n3cnc4c(NC(=O)c5ccccc5)ncnc43)[C@@H](O[Si](C)(C)C(C)(C)C)[C@H]2OP(CCCC#N)N(C(C)C)C(C)C)(c2ccccc2)c2ccc(OC)cc2)cc1. The van der Waals surface area contributed by atoms with E-state index < -0.39 is 46.8 Å². The number of nitriles is 1. The second-order valence-electron chi connectivity index (χ2n) is 19.6. The molecule has 0 saturated carbocycles. The number of benzene rings is 4. The molecule has 16 heteroatoms. The number of methoxy groups -OCH3 is 2. The van der Waals surface area contributed by atoms with Crippen LogP contribution in [0.4, 0.5) is 5.82 Å². The minimum Gasteiger partial charge on any atom is -0.497 e. The Balaban J connectivity index is 1.41. The fourth-order valence-electron chi connectivity index (χ4n) is 8.78. The summed E-state index contributed by atoms with van der Waals surface area (Å²) in [5, 5.41) is 12.5. The Labute approximate surface area is 415 Å². The number of nitrogens with one attached hydrogen (secondary N) is 1. The van der Waals surface area contributed by atoms with Crippen LogP contribution in [-0.2, 0) is 24.0 Å². The van der Waals surface area contributed by atoms with Gasteiger partial charge in [-0.3, -0.25) is 14.0 Å². The highest BCUT2D eigenvalue weighted by Crippen LogP contribution is 2.52. The molecule has 5 atom stereocenters. The van der Waals surface area contributed by atoms with Crippen LogP contribution in [0.15, 0.2) is 122 Å². The van der Waals surface area contributed by atoms with E-state index in [4.69, 9.17) is 37.9 Å². The molecule has 2 aromatic heterocycles. The molecule has 0 bridgehead atoms. The highest BCUT2D eigenvalue weighted by Gasteiger charge is 2.54. The molecule has 70 heavy (non-hydrogen) atoms. The first-order valence-electron chi connectivity index (χ1n) is 24.0. The number of aromatic nitrogens is 4. The highest BCUT2D eigenvalue weighted by molar-refractivity contribution is 7.50. The third kappa shape index (κ3) is 11.3. The van der Waals surface area contributed by atoms with Crippen LogP contribution in [0.3, 0.4) is 0 Å². The van der Waals surface area contributed by atoms with Crippen molar-refractivity contribution < 1.29 is 32.7 Å². The van der Waals surface area contributed by atoms with Gasteiger partial charge in [-0.15, -0.1) is 0 Å². The number of nitrogens with zero attached hydrogens (tertiary/aromatic N) is 6. The Bertz CT molecular complexity index is 2620. The van der Waals surface area contributed by atoms with Crippen LogP contribution >= 0.6 is 8.30 Å². The van der Waals surface area contributed by atoms with E-state index in [1.165, 1.54) is 6.33 Å². The van der Waals surface area contributed by atoms with E-state index in [1.54, 1.807) is 32.7 Å². The molecule has 0 spiro atoms. The summed E-state index contributed by atoms with van der Waals surface area (Å²) in [6.07, 6.45) is 1.90. The van der Waals surface area contributed by atoms with Crippen LogP contribution < -0.4 is 14.8 Å². The maximum Gasteiger partial charge on any atom is 0.256 e. The van der Waals surface area contributed by atoms with Crippen molar-refractivity contribution in [3.05, 3.63) is 144 Å². The number of hydrogen-bond donors (Lipinski definition) is 1. The van der Waals surface area contributed by atoms with Gasteiger partial charge in [0, 0.05) is 30.2 Å². The van der Waals surface area contributed by atoms with Crippen molar-refractivity contribution in [3.63, 3.8) is 0 Å². The summed E-state index contributed by atoms with van der Waals surface area (Å²) in [6.45, 7) is 19.9. The van der Waals surface area contributed by atoms with Gasteiger partial charge < -0.3 is 33.2 Å². The summed E-state index contributed by atoms with van der Waals surface area (Å²) in [5.74, 6) is 1.37. The summed E-state index contributed by atoms with van der Waals surface area (Å²) < 4.78 is 45.8. The van der Waals surface area contributed by atoms with Gasteiger partial charge in [-0.05, 0) is 105 Å². The van der Waals surface area contributed by atoms with E-state index >= 15 is 0 Å². The zero-order valence-electron chi connectivity index (χ0n) is 42.3. The lowest BCUT2D eigenvalue weighted by atomic mass is 9.80. The summed E-state index contributed by atoms with van der Waals surface area (Å²) in [7, 11) is -0.633. The molecule has 1 N–H and O–H groups in total. The van der Waals surface area contributed by atoms with E-state index in [-0.39, 0.29) is 35.5 Å². The Morgan fingerprint density at radius 1 is 0.829 bits per heavy atom. The van der Waals surface area contributed by atoms with Gasteiger partial charge in [0.1, 0.15) is 50.0 Å². The Morgan fingerprint density at radius 2 is 1.40 bits per heavy atom. The Morgan fingerprint density at radius 3 is 1.94 bits per heavy atom. The average molecular weight is 986 g/mol. The second kappa shape index (κ2) is 22.7. The van der Waals surface area contributed by atoms with Crippen molar-refractivity contribution in [1.82, 2.24) is 24.2 Å². The van der Waals surface area contributed by atoms with Crippen LogP contribution in [0.25, 0.3) is 11.2 Å². The van der Waals surface area contributed by atoms with Gasteiger partial charge in [0.05, 0.1) is 33.2 Å². The van der Waals surface area contributed by atoms with Crippen LogP contribution in [0.1, 0.15) is 94.6 Å². The fraction of sp³-hybridized carbons (Fsp3) is 0.426. The predicted molar refractivity (Wildman–Crippen MR) is 278 cm³/mol. The molecule has 0 aliphatic carbocycles. The number of carbonyl (C=O) groups excluding carboxylic acids is 1. The van der Waals surface area contributed by atoms with Gasteiger partial charge in [0.2, 0.25) is 0 Å². The van der Waals surface area contributed by atoms with Crippen LogP contribution in [-0.4, -0.2) is 95.8 Å². The summed E-state index contributed by atoms with van der Waals surface area (Å²) >= 11 is 0. The third-order valence-corrected chi connectivity index (χ3v) is 20.4. The number of ether oxygens (including phenoxy) is 4. The number of amides is 1. The predicted octanol–water partition coefficient (Wildman–Crippen LogP) is 11.5. The molecule has 14 nitrogen and oxygen atoms in total. The Hall–Kier alpha value is -5.56. The van der Waals surface area contributed by atoms with Crippen molar-refractivity contribution in [3.8, 4) is 17.6 Å². The lowest BCUT2D eigenvalue weighted by Gasteiger charge is -2.43. The maximum atomic E-state index is 13.5. The molecule has 1 amide bonds. The quantitative estimate of drug-likeness (QED) is 0.0316. The molecule has 1 unspecified atom stereocenters. The number of fused-ring (bicyclic) bond motifs is 1. The van der Waals surface area contributed by atoms with Crippen LogP contribution in [0.5, 0.6) is 11.5 Å². The van der Waals surface area contributed by atoms with E-state index in [0.717, 1.165) is 16.7 Å². The zero-order valence-corrected chi connectivity index (χ0v) is 44.2. The Kier molecular flexibility index (Phi) is 16.9. The number of unbranched alkanes of at least 4 members (excludes halogenated alkanes) is 1. The third-order valence-electron chi connectivity index (χ3n) is 13.3. The van der Waals surface area contributed by atoms with E-state index in [2.05, 4.69) is 94.7 Å². The van der Waals surface area contributed by atoms with Crippen molar-refractivity contribution in [2.24, 2.45) is 0 Å². The largest absolute Gasteiger partial charge is 0.497 e. The fourth-order valence-corrected chi connectivity index (χ4v) is 12.5. The molecule has 4 aromatic carbocycles. The van der Waals surface area contributed by atoms with Gasteiger partial charge in [-0.25, -0.2) is 15.0 Å². The molecule has 7 rings (SSSR count). The van der Waals surface area contributed by atoms with Crippen LogP contribution in [0.2, 0.25) is 18.1 Å². The normalized spacial score (nSPS) is 18.1. The topological polar surface area (TPSA) is 155 Å². The number of anilines is 1. The summed E-state index contributed by atoms with van der Waals surface area (Å²) in [4.78, 5) is 27.5. The van der Waals surface area contributed by atoms with Gasteiger partial charge in [0.15, 0.2) is 31.5 Å². The minimum atomic E-state index is -2.62. The number of hydrogen-bond acceptors (Lipinski definition) is 12. The van der Waals surface area contributed by atoms with Gasteiger partial charge in [0.25, 0.3) is 5.91 Å². The summed E-state index contributed by atoms with van der Waals surface area (Å²) in [6, 6.07) is 37.7. The van der Waals surface area contributed by atoms with E-state index in [1.807, 2.05) is 89.5 Å². The lowest BCUT2D eigenvalue weighted by Crippen LogP contribution is -2.50. The number of carbonyl (C=O) groups is 1. The molecule has 3 heterocycles. The first-order chi connectivity index (χ1) is 33.5. The first-order valence-corrected chi connectivity index (χ1v) is 28.3. The lowest BCUT2D eigenvalue weighted by molar-refractivity contribution is -0.0918. The first kappa shape index (κ1) is 52.3. The summed E-state index contributed by atoms with van der Waals surface area (Å²) in [5.41, 5.74) is 2.81. The van der Waals surface area contributed by atoms with Gasteiger partial charge in [-0.1, -0.05) is 93.6 Å². The number of rotatable bonds is 21. The average Bonchev–Trinajstić information content (AvgIpc) is 3.93. The molecular weight excluding hydrogens is 918 g/mol. The van der Waals surface area contributed by atoms with Crippen molar-refractivity contribution in [2.45, 2.75) is 122 Å². The van der Waals surface area contributed by atoms with Gasteiger partial charge in [-0.2, -0.15) is 5.26 Å². The molecule has 1 aliphatic heterocycles. The van der Waals surface area contributed by atoms with Gasteiger partial charge >= 0.3 is 0 Å². The molecule has 1 fully saturated rings. The van der Waals surface area contributed by atoms with E-state index in [9.17, 15) is 10.1 Å². The van der Waals surface area contributed by atoms with Crippen LogP contribution in [0, 0.1) is 11.3 Å². The molecular formula is C54H68N7O7PSi. The smallest absolute Gasteiger partial charge is 0.256 e.